The number of aryl methyl sites for hydroxylation is 3. The number of likely N-dealkylation sites (N-methyl/N-ethyl adjacent to an activating group) is 1. The van der Waals surface area contributed by atoms with E-state index in [-0.39, 0.29) is 53.4 Å². The number of rotatable bonds is 8. The lowest BCUT2D eigenvalue weighted by molar-refractivity contribution is 0.0388. The minimum absolute atomic E-state index is 0.0183. The number of nitrogens with one attached hydrogen (secondary N) is 1. The molecular weight excluding hydrogens is 546 g/mol. The lowest BCUT2D eigenvalue weighted by atomic mass is 9.99. The lowest BCUT2D eigenvalue weighted by Crippen LogP contribution is -2.50. The predicted molar refractivity (Wildman–Crippen MR) is 154 cm³/mol. The SMILES string of the molecule is Cc1ccc(S(=O)(=O)N(C)C[C@H]2Oc3c(NC(=O)c4cc(C)nn4C)cccc3C(=O)N([C@@H](C)CO)C[C@H]2C)cc1. The number of aliphatic hydroxyl groups is 1. The van der Waals surface area contributed by atoms with E-state index in [1.54, 1.807) is 74.3 Å². The molecule has 4 rings (SSSR count). The number of nitrogens with zero attached hydrogens (tertiary/aromatic N) is 4. The zero-order valence-corrected chi connectivity index (χ0v) is 25.0. The summed E-state index contributed by atoms with van der Waals surface area (Å²) in [4.78, 5) is 28.6. The van der Waals surface area contributed by atoms with E-state index in [9.17, 15) is 23.1 Å². The van der Waals surface area contributed by atoms with Crippen molar-refractivity contribution in [1.29, 1.82) is 0 Å². The van der Waals surface area contributed by atoms with Crippen molar-refractivity contribution in [2.24, 2.45) is 13.0 Å². The summed E-state index contributed by atoms with van der Waals surface area (Å²) >= 11 is 0. The van der Waals surface area contributed by atoms with Crippen LogP contribution in [0.5, 0.6) is 5.75 Å². The van der Waals surface area contributed by atoms with Crippen LogP contribution in [0.2, 0.25) is 0 Å². The summed E-state index contributed by atoms with van der Waals surface area (Å²) in [7, 11) is -0.687. The second-order valence-electron chi connectivity index (χ2n) is 10.7. The molecule has 12 heteroatoms. The van der Waals surface area contributed by atoms with Crippen LogP contribution in [0.3, 0.4) is 0 Å². The van der Waals surface area contributed by atoms with Gasteiger partial charge in [0.25, 0.3) is 11.8 Å². The van der Waals surface area contributed by atoms with Gasteiger partial charge in [0.05, 0.1) is 41.0 Å². The molecule has 3 atom stereocenters. The summed E-state index contributed by atoms with van der Waals surface area (Å²) in [5.74, 6) is -0.998. The van der Waals surface area contributed by atoms with Gasteiger partial charge < -0.3 is 20.1 Å². The predicted octanol–water partition coefficient (Wildman–Crippen LogP) is 2.83. The van der Waals surface area contributed by atoms with Crippen LogP contribution in [0.1, 0.15) is 46.0 Å². The molecule has 1 aliphatic rings. The topological polar surface area (TPSA) is 134 Å². The summed E-state index contributed by atoms with van der Waals surface area (Å²) in [6.07, 6.45) is -0.697. The highest BCUT2D eigenvalue weighted by Crippen LogP contribution is 2.35. The maximum atomic E-state index is 13.7. The van der Waals surface area contributed by atoms with Crippen LogP contribution in [-0.4, -0.2) is 83.2 Å². The first-order chi connectivity index (χ1) is 19.3. The van der Waals surface area contributed by atoms with Crippen molar-refractivity contribution in [3.05, 3.63) is 71.0 Å². The van der Waals surface area contributed by atoms with E-state index >= 15 is 0 Å². The molecule has 1 aromatic heterocycles. The first-order valence-electron chi connectivity index (χ1n) is 13.4. The van der Waals surface area contributed by atoms with E-state index in [0.29, 0.717) is 11.4 Å². The van der Waals surface area contributed by atoms with Crippen LogP contribution in [0.25, 0.3) is 0 Å². The molecule has 220 valence electrons. The Labute approximate surface area is 240 Å². The van der Waals surface area contributed by atoms with Crippen molar-refractivity contribution in [1.82, 2.24) is 19.0 Å². The average molecular weight is 584 g/mol. The Kier molecular flexibility index (Phi) is 8.86. The van der Waals surface area contributed by atoms with E-state index in [1.807, 2.05) is 13.8 Å². The number of carbonyl (C=O) groups is 2. The smallest absolute Gasteiger partial charge is 0.274 e. The van der Waals surface area contributed by atoms with Crippen LogP contribution in [0, 0.1) is 19.8 Å². The number of hydrogen-bond donors (Lipinski definition) is 2. The third-order valence-electron chi connectivity index (χ3n) is 7.34. The van der Waals surface area contributed by atoms with E-state index in [2.05, 4.69) is 10.4 Å². The van der Waals surface area contributed by atoms with Gasteiger partial charge in [-0.3, -0.25) is 14.3 Å². The van der Waals surface area contributed by atoms with Gasteiger partial charge in [0, 0.05) is 26.6 Å². The van der Waals surface area contributed by atoms with Gasteiger partial charge in [-0.15, -0.1) is 0 Å². The Morgan fingerprint density at radius 1 is 1.22 bits per heavy atom. The fourth-order valence-corrected chi connectivity index (χ4v) is 5.99. The molecule has 0 saturated heterocycles. The Morgan fingerprint density at radius 3 is 2.51 bits per heavy atom. The number of carbonyl (C=O) groups excluding carboxylic acids is 2. The third kappa shape index (κ3) is 6.29. The number of anilines is 1. The number of para-hydroxylation sites is 1. The first-order valence-corrected chi connectivity index (χ1v) is 14.8. The average Bonchev–Trinajstić information content (AvgIpc) is 3.28. The quantitative estimate of drug-likeness (QED) is 0.417. The summed E-state index contributed by atoms with van der Waals surface area (Å²) in [6, 6.07) is 12.6. The number of aromatic nitrogens is 2. The number of hydrogen-bond acceptors (Lipinski definition) is 7. The van der Waals surface area contributed by atoms with Crippen molar-refractivity contribution in [3.63, 3.8) is 0 Å². The standard InChI is InChI=1S/C29H37N5O6S/c1-18-10-12-22(13-11-18)41(38,39)32(5)16-26-19(2)15-34(21(4)17-35)29(37)23-8-7-9-24(27(23)40-26)30-28(36)25-14-20(3)31-33(25)6/h7-14,19,21,26,35H,15-17H2,1-6H3,(H,30,36)/t19-,21+,26-/m1/s1. The van der Waals surface area contributed by atoms with Gasteiger partial charge in [-0.25, -0.2) is 8.42 Å². The van der Waals surface area contributed by atoms with Gasteiger partial charge in [0.2, 0.25) is 10.0 Å². The molecule has 0 radical (unpaired) electrons. The highest BCUT2D eigenvalue weighted by Gasteiger charge is 2.36. The second-order valence-corrected chi connectivity index (χ2v) is 12.7. The molecule has 0 aliphatic carbocycles. The van der Waals surface area contributed by atoms with Crippen LogP contribution in [-0.2, 0) is 17.1 Å². The van der Waals surface area contributed by atoms with Gasteiger partial charge in [0.15, 0.2) is 5.75 Å². The minimum Gasteiger partial charge on any atom is -0.486 e. The molecule has 3 aromatic rings. The fourth-order valence-electron chi connectivity index (χ4n) is 4.81. The molecule has 0 saturated carbocycles. The van der Waals surface area contributed by atoms with Crippen LogP contribution in [0.4, 0.5) is 5.69 Å². The normalized spacial score (nSPS) is 18.3. The Bertz CT molecular complexity index is 1540. The maximum absolute atomic E-state index is 13.7. The summed E-state index contributed by atoms with van der Waals surface area (Å²) in [5.41, 5.74) is 2.40. The first kappa shape index (κ1) is 30.2. The van der Waals surface area contributed by atoms with Crippen LogP contribution >= 0.6 is 0 Å². The van der Waals surface area contributed by atoms with Gasteiger partial charge in [-0.05, 0) is 51.1 Å². The van der Waals surface area contributed by atoms with E-state index in [4.69, 9.17) is 4.74 Å². The Balaban J connectivity index is 1.73. The fraction of sp³-hybridized carbons (Fsp3) is 0.414. The molecule has 2 N–H and O–H groups in total. The molecule has 1 aliphatic heterocycles. The highest BCUT2D eigenvalue weighted by atomic mass is 32.2. The minimum atomic E-state index is -3.84. The summed E-state index contributed by atoms with van der Waals surface area (Å²) < 4.78 is 36.0. The maximum Gasteiger partial charge on any atom is 0.274 e. The van der Waals surface area contributed by atoms with Gasteiger partial charge in [-0.2, -0.15) is 9.40 Å². The molecule has 2 heterocycles. The van der Waals surface area contributed by atoms with Crippen LogP contribution in [0.15, 0.2) is 53.4 Å². The van der Waals surface area contributed by atoms with Crippen LogP contribution < -0.4 is 10.1 Å². The second kappa shape index (κ2) is 12.0. The largest absolute Gasteiger partial charge is 0.486 e. The zero-order chi connectivity index (χ0) is 30.1. The van der Waals surface area contributed by atoms with E-state index < -0.39 is 28.1 Å². The third-order valence-corrected chi connectivity index (χ3v) is 9.18. The number of aliphatic hydroxyl groups excluding tert-OH is 1. The van der Waals surface area contributed by atoms with Crippen molar-refractivity contribution in [3.8, 4) is 5.75 Å². The molecule has 2 amide bonds. The number of benzene rings is 2. The Morgan fingerprint density at radius 2 is 1.90 bits per heavy atom. The zero-order valence-electron chi connectivity index (χ0n) is 24.2. The number of ether oxygens (including phenoxy) is 1. The van der Waals surface area contributed by atoms with Crippen molar-refractivity contribution in [2.45, 2.75) is 44.7 Å². The number of sulfonamides is 1. The summed E-state index contributed by atoms with van der Waals surface area (Å²) in [5, 5.41) is 17.0. The molecule has 0 fully saturated rings. The molecule has 0 unspecified atom stereocenters. The monoisotopic (exact) mass is 583 g/mol. The lowest BCUT2D eigenvalue weighted by Gasteiger charge is -2.38. The van der Waals surface area contributed by atoms with Gasteiger partial charge in [0.1, 0.15) is 11.8 Å². The highest BCUT2D eigenvalue weighted by molar-refractivity contribution is 7.89. The Hall–Kier alpha value is -3.74. The molecule has 11 nitrogen and oxygen atoms in total. The molecule has 41 heavy (non-hydrogen) atoms. The number of amides is 2. The summed E-state index contributed by atoms with van der Waals surface area (Å²) in [6.45, 7) is 7.23. The molecule has 0 spiro atoms. The van der Waals surface area contributed by atoms with E-state index in [0.717, 1.165) is 5.56 Å². The molecule has 0 bridgehead atoms. The van der Waals surface area contributed by atoms with Crippen molar-refractivity contribution < 1.29 is 27.9 Å². The number of fused-ring (bicyclic) bond motifs is 1. The van der Waals surface area contributed by atoms with E-state index in [1.165, 1.54) is 16.0 Å². The van der Waals surface area contributed by atoms with Crippen molar-refractivity contribution >= 4 is 27.5 Å². The molecule has 2 aromatic carbocycles. The van der Waals surface area contributed by atoms with Gasteiger partial charge in [-0.1, -0.05) is 30.7 Å². The molecular formula is C29H37N5O6S. The van der Waals surface area contributed by atoms with Gasteiger partial charge >= 0.3 is 0 Å². The van der Waals surface area contributed by atoms with Crippen molar-refractivity contribution in [2.75, 3.05) is 32.1 Å².